The van der Waals surface area contributed by atoms with Crippen LogP contribution in [0.1, 0.15) is 46.9 Å². The predicted octanol–water partition coefficient (Wildman–Crippen LogP) is 2.36. The molecule has 2 amide bonds. The molecule has 3 heterocycles. The van der Waals surface area contributed by atoms with Crippen LogP contribution in [0.3, 0.4) is 0 Å². The molecule has 204 valence electrons. The van der Waals surface area contributed by atoms with Gasteiger partial charge in [0.2, 0.25) is 12.7 Å². The highest BCUT2D eigenvalue weighted by molar-refractivity contribution is 6.22. The average Bonchev–Trinajstić information content (AvgIpc) is 3.54. The first-order chi connectivity index (χ1) is 18.9. The number of ether oxygens (including phenoxy) is 4. The number of imide groups is 1. The van der Waals surface area contributed by atoms with E-state index >= 15 is 0 Å². The minimum atomic E-state index is -0.619. The van der Waals surface area contributed by atoms with Crippen molar-refractivity contribution in [1.29, 1.82) is 0 Å². The zero-order valence-electron chi connectivity index (χ0n) is 21.4. The summed E-state index contributed by atoms with van der Waals surface area (Å²) in [7, 11) is 0. The second-order valence-electron chi connectivity index (χ2n) is 9.46. The normalized spacial score (nSPS) is 19.3. The standard InChI is InChI=1S/C28H28N2O9/c1-2-36-27(34)17-3-6-20(7-4-17)30-25(32)14-21(26(30)33)29-11-9-18(10-12-29)28(35)37-15-22(31)19-5-8-23-24(13-19)39-16-38-23/h3-8,13,18,21H,2,9-12,14-16H2,1H3/t21-/m1/s1. The van der Waals surface area contributed by atoms with Crippen LogP contribution in [0, 0.1) is 5.92 Å². The van der Waals surface area contributed by atoms with Crippen LogP contribution in [0.25, 0.3) is 0 Å². The number of hydrogen-bond donors (Lipinski definition) is 0. The van der Waals surface area contributed by atoms with Crippen LogP contribution in [0.2, 0.25) is 0 Å². The molecule has 39 heavy (non-hydrogen) atoms. The fourth-order valence-electron chi connectivity index (χ4n) is 4.99. The summed E-state index contributed by atoms with van der Waals surface area (Å²) in [5.41, 5.74) is 1.10. The highest BCUT2D eigenvalue weighted by atomic mass is 16.7. The minimum absolute atomic E-state index is 0.0393. The second-order valence-corrected chi connectivity index (χ2v) is 9.46. The van der Waals surface area contributed by atoms with E-state index in [2.05, 4.69) is 0 Å². The summed E-state index contributed by atoms with van der Waals surface area (Å²) in [6, 6.07) is 10.3. The van der Waals surface area contributed by atoms with E-state index in [-0.39, 0.29) is 44.0 Å². The number of hydrogen-bond acceptors (Lipinski definition) is 10. The molecule has 0 aromatic heterocycles. The van der Waals surface area contributed by atoms with Gasteiger partial charge in [0.1, 0.15) is 0 Å². The number of amides is 2. The summed E-state index contributed by atoms with van der Waals surface area (Å²) in [4.78, 5) is 65.9. The monoisotopic (exact) mass is 536 g/mol. The van der Waals surface area contributed by atoms with Crippen LogP contribution in [-0.4, -0.2) is 73.6 Å². The zero-order chi connectivity index (χ0) is 27.5. The third-order valence-electron chi connectivity index (χ3n) is 7.10. The van der Waals surface area contributed by atoms with Gasteiger partial charge in [-0.25, -0.2) is 9.69 Å². The van der Waals surface area contributed by atoms with Crippen LogP contribution in [-0.2, 0) is 23.9 Å². The number of benzene rings is 2. The van der Waals surface area contributed by atoms with Crippen molar-refractivity contribution >= 4 is 35.2 Å². The van der Waals surface area contributed by atoms with E-state index in [9.17, 15) is 24.0 Å². The molecule has 0 saturated carbocycles. The molecular weight excluding hydrogens is 508 g/mol. The van der Waals surface area contributed by atoms with E-state index in [1.54, 1.807) is 37.3 Å². The first-order valence-electron chi connectivity index (χ1n) is 12.8. The van der Waals surface area contributed by atoms with Crippen molar-refractivity contribution in [3.8, 4) is 11.5 Å². The quantitative estimate of drug-likeness (QED) is 0.282. The van der Waals surface area contributed by atoms with Gasteiger partial charge in [0.25, 0.3) is 5.91 Å². The number of fused-ring (bicyclic) bond motifs is 1. The van der Waals surface area contributed by atoms with Gasteiger partial charge < -0.3 is 18.9 Å². The summed E-state index contributed by atoms with van der Waals surface area (Å²) < 4.78 is 20.8. The zero-order valence-corrected chi connectivity index (χ0v) is 21.4. The first kappa shape index (κ1) is 26.4. The van der Waals surface area contributed by atoms with Crippen molar-refractivity contribution in [3.63, 3.8) is 0 Å². The highest BCUT2D eigenvalue weighted by Crippen LogP contribution is 2.33. The van der Waals surface area contributed by atoms with Crippen molar-refractivity contribution in [1.82, 2.24) is 4.90 Å². The average molecular weight is 537 g/mol. The van der Waals surface area contributed by atoms with Gasteiger partial charge in [0.05, 0.1) is 36.2 Å². The molecule has 2 saturated heterocycles. The topological polar surface area (TPSA) is 129 Å². The lowest BCUT2D eigenvalue weighted by Gasteiger charge is -2.33. The molecule has 11 heteroatoms. The number of anilines is 1. The van der Waals surface area contributed by atoms with Crippen molar-refractivity contribution in [2.45, 2.75) is 32.2 Å². The Balaban J connectivity index is 1.12. The number of rotatable bonds is 8. The Morgan fingerprint density at radius 2 is 1.62 bits per heavy atom. The summed E-state index contributed by atoms with van der Waals surface area (Å²) in [6.45, 7) is 2.56. The molecule has 0 N–H and O–H groups in total. The van der Waals surface area contributed by atoms with Crippen LogP contribution in [0.4, 0.5) is 5.69 Å². The molecule has 0 radical (unpaired) electrons. The minimum Gasteiger partial charge on any atom is -0.462 e. The fraction of sp³-hybridized carbons (Fsp3) is 0.393. The highest BCUT2D eigenvalue weighted by Gasteiger charge is 2.44. The fourth-order valence-corrected chi connectivity index (χ4v) is 4.99. The van der Waals surface area contributed by atoms with Crippen LogP contribution in [0.5, 0.6) is 11.5 Å². The molecular formula is C28H28N2O9. The van der Waals surface area contributed by atoms with Crippen molar-refractivity contribution < 1.29 is 42.9 Å². The molecule has 3 aliphatic heterocycles. The Morgan fingerprint density at radius 1 is 0.923 bits per heavy atom. The van der Waals surface area contributed by atoms with Crippen LogP contribution < -0.4 is 14.4 Å². The molecule has 0 unspecified atom stereocenters. The van der Waals surface area contributed by atoms with E-state index in [0.717, 1.165) is 4.90 Å². The van der Waals surface area contributed by atoms with Crippen LogP contribution in [0.15, 0.2) is 42.5 Å². The lowest BCUT2D eigenvalue weighted by atomic mass is 9.95. The molecule has 2 aromatic carbocycles. The van der Waals surface area contributed by atoms with E-state index in [4.69, 9.17) is 18.9 Å². The van der Waals surface area contributed by atoms with Crippen LogP contribution >= 0.6 is 0 Å². The Kier molecular flexibility index (Phi) is 7.60. The summed E-state index contributed by atoms with van der Waals surface area (Å²) >= 11 is 0. The number of nitrogens with zero attached hydrogens (tertiary/aromatic N) is 2. The molecule has 2 fully saturated rings. The van der Waals surface area contributed by atoms with Crippen molar-refractivity contribution in [2.24, 2.45) is 5.92 Å². The summed E-state index contributed by atoms with van der Waals surface area (Å²) in [5, 5.41) is 0. The number of esters is 2. The smallest absolute Gasteiger partial charge is 0.338 e. The molecule has 5 rings (SSSR count). The molecule has 0 spiro atoms. The van der Waals surface area contributed by atoms with Crippen molar-refractivity contribution in [2.75, 3.05) is 38.0 Å². The van der Waals surface area contributed by atoms with E-state index in [1.807, 2.05) is 4.90 Å². The summed E-state index contributed by atoms with van der Waals surface area (Å²) in [5.74, 6) is -1.29. The predicted molar refractivity (Wildman–Crippen MR) is 135 cm³/mol. The largest absolute Gasteiger partial charge is 0.462 e. The first-order valence-corrected chi connectivity index (χ1v) is 12.8. The van der Waals surface area contributed by atoms with Gasteiger partial charge in [-0.15, -0.1) is 0 Å². The molecule has 3 aliphatic rings. The Bertz CT molecular complexity index is 1300. The van der Waals surface area contributed by atoms with Gasteiger partial charge in [0.15, 0.2) is 23.9 Å². The number of likely N-dealkylation sites (tertiary alicyclic amines) is 1. The van der Waals surface area contributed by atoms with Gasteiger partial charge in [-0.05, 0) is 75.3 Å². The maximum Gasteiger partial charge on any atom is 0.338 e. The number of Topliss-reactive ketones (excluding diaryl/α,β-unsaturated/α-hetero) is 1. The van der Waals surface area contributed by atoms with Gasteiger partial charge in [-0.1, -0.05) is 0 Å². The Labute approximate surface area is 224 Å². The van der Waals surface area contributed by atoms with Gasteiger partial charge in [-0.3, -0.25) is 24.1 Å². The summed E-state index contributed by atoms with van der Waals surface area (Å²) in [6.07, 6.45) is 0.935. The van der Waals surface area contributed by atoms with Gasteiger partial charge >= 0.3 is 11.9 Å². The molecule has 0 bridgehead atoms. The van der Waals surface area contributed by atoms with E-state index in [1.165, 1.54) is 12.1 Å². The van der Waals surface area contributed by atoms with Gasteiger partial charge in [0, 0.05) is 5.56 Å². The number of piperidine rings is 1. The SMILES string of the molecule is CCOC(=O)c1ccc(N2C(=O)C[C@@H](N3CCC(C(=O)OCC(=O)c4ccc5c(c4)OCO5)CC3)C2=O)cc1. The van der Waals surface area contributed by atoms with E-state index < -0.39 is 23.9 Å². The molecule has 2 aromatic rings. The third-order valence-corrected chi connectivity index (χ3v) is 7.10. The number of carbonyl (C=O) groups excluding carboxylic acids is 5. The number of carbonyl (C=O) groups is 5. The second kappa shape index (κ2) is 11.2. The van der Waals surface area contributed by atoms with E-state index in [0.29, 0.717) is 54.2 Å². The number of ketones is 1. The molecule has 0 aliphatic carbocycles. The lowest BCUT2D eigenvalue weighted by molar-refractivity contribution is -0.149. The maximum atomic E-state index is 13.2. The van der Waals surface area contributed by atoms with Gasteiger partial charge in [-0.2, -0.15) is 0 Å². The lowest BCUT2D eigenvalue weighted by Crippen LogP contribution is -2.47. The third kappa shape index (κ3) is 5.49. The Morgan fingerprint density at radius 3 is 2.33 bits per heavy atom. The molecule has 1 atom stereocenters. The maximum absolute atomic E-state index is 13.2. The van der Waals surface area contributed by atoms with Crippen molar-refractivity contribution in [3.05, 3.63) is 53.6 Å². The molecule has 11 nitrogen and oxygen atoms in total. The Hall–Kier alpha value is -4.25.